The minimum Gasteiger partial charge on any atom is -0.476 e. The Balaban J connectivity index is 1.23. The number of amides is 1. The minimum atomic E-state index is -0.382. The van der Waals surface area contributed by atoms with Crippen LogP contribution in [0.15, 0.2) is 36.7 Å². The van der Waals surface area contributed by atoms with Gasteiger partial charge in [-0.25, -0.2) is 4.98 Å². The molecule has 7 nitrogen and oxygen atoms in total. The number of carbonyl (C=O) groups excluding carboxylic acids is 1. The molecule has 4 heterocycles. The van der Waals surface area contributed by atoms with Crippen molar-refractivity contribution in [1.29, 1.82) is 0 Å². The average molecular weight is 472 g/mol. The Hall–Kier alpha value is -3.19. The lowest BCUT2D eigenvalue weighted by molar-refractivity contribution is -0.125. The van der Waals surface area contributed by atoms with Crippen LogP contribution < -0.4 is 15.4 Å². The molecule has 0 unspecified atom stereocenters. The van der Waals surface area contributed by atoms with Crippen LogP contribution in [-0.2, 0) is 10.2 Å². The third-order valence-electron chi connectivity index (χ3n) is 8.13. The van der Waals surface area contributed by atoms with Crippen LogP contribution in [0.4, 0.5) is 11.4 Å². The number of hydrogen-bond donors (Lipinski definition) is 1. The summed E-state index contributed by atoms with van der Waals surface area (Å²) in [7, 11) is 1.86. The smallest absolute Gasteiger partial charge is 0.237 e. The van der Waals surface area contributed by atoms with E-state index in [2.05, 4.69) is 20.9 Å². The van der Waals surface area contributed by atoms with Gasteiger partial charge in [-0.1, -0.05) is 18.9 Å². The molecule has 1 saturated carbocycles. The summed E-state index contributed by atoms with van der Waals surface area (Å²) < 4.78 is 5.91. The number of likely N-dealkylation sites (N-methyl/N-ethyl adjacent to an activating group) is 1. The highest BCUT2D eigenvalue weighted by Crippen LogP contribution is 2.55. The number of fused-ring (bicyclic) bond motifs is 4. The zero-order chi connectivity index (χ0) is 24.0. The fourth-order valence-electron chi connectivity index (χ4n) is 6.04. The first kappa shape index (κ1) is 22.3. The van der Waals surface area contributed by atoms with Crippen LogP contribution in [0.2, 0.25) is 0 Å². The highest BCUT2D eigenvalue weighted by Gasteiger charge is 2.54. The molecule has 182 valence electrons. The van der Waals surface area contributed by atoms with Gasteiger partial charge in [-0.3, -0.25) is 9.78 Å². The van der Waals surface area contributed by atoms with E-state index >= 15 is 0 Å². The number of nitrogens with two attached hydrogens (primary N) is 1. The summed E-state index contributed by atoms with van der Waals surface area (Å²) in [5, 5.41) is 1.05. The van der Waals surface area contributed by atoms with Gasteiger partial charge < -0.3 is 20.3 Å². The van der Waals surface area contributed by atoms with Gasteiger partial charge in [0.1, 0.15) is 0 Å². The monoisotopic (exact) mass is 471 g/mol. The number of benzene rings is 1. The first-order valence-electron chi connectivity index (χ1n) is 12.9. The molecule has 1 amide bonds. The van der Waals surface area contributed by atoms with Crippen LogP contribution in [0.5, 0.6) is 5.88 Å². The minimum absolute atomic E-state index is 0.200. The molecule has 2 fully saturated rings. The van der Waals surface area contributed by atoms with Crippen LogP contribution in [0, 0.1) is 0 Å². The van der Waals surface area contributed by atoms with Crippen LogP contribution in [0.3, 0.4) is 0 Å². The van der Waals surface area contributed by atoms with Crippen molar-refractivity contribution in [2.75, 3.05) is 43.9 Å². The summed E-state index contributed by atoms with van der Waals surface area (Å²) in [4.78, 5) is 26.6. The van der Waals surface area contributed by atoms with Crippen molar-refractivity contribution in [2.45, 2.75) is 50.4 Å². The van der Waals surface area contributed by atoms with Gasteiger partial charge >= 0.3 is 0 Å². The van der Waals surface area contributed by atoms with E-state index in [4.69, 9.17) is 10.5 Å². The Morgan fingerprint density at radius 2 is 1.86 bits per heavy atom. The highest BCUT2D eigenvalue weighted by atomic mass is 16.5. The highest BCUT2D eigenvalue weighted by molar-refractivity contribution is 6.13. The molecule has 6 rings (SSSR count). The third kappa shape index (κ3) is 3.73. The zero-order valence-electron chi connectivity index (χ0n) is 20.4. The molecule has 3 aliphatic rings. The summed E-state index contributed by atoms with van der Waals surface area (Å²) >= 11 is 0. The molecule has 1 aromatic carbocycles. The largest absolute Gasteiger partial charge is 0.476 e. The topological polar surface area (TPSA) is 84.6 Å². The zero-order valence-corrected chi connectivity index (χ0v) is 20.4. The molecule has 7 heteroatoms. The van der Waals surface area contributed by atoms with Crippen molar-refractivity contribution in [2.24, 2.45) is 0 Å². The van der Waals surface area contributed by atoms with Gasteiger partial charge in [0.2, 0.25) is 11.8 Å². The number of aromatic nitrogens is 2. The Bertz CT molecular complexity index is 1280. The lowest BCUT2D eigenvalue weighted by Crippen LogP contribution is -2.43. The molecule has 2 aromatic heterocycles. The maximum atomic E-state index is 13.1. The molecule has 1 saturated heterocycles. The van der Waals surface area contributed by atoms with Gasteiger partial charge in [0.15, 0.2) is 0 Å². The van der Waals surface area contributed by atoms with Crippen molar-refractivity contribution < 1.29 is 9.53 Å². The SMILES string of the molecule is CN1C(=O)C2(CCC2)c2c1cnc1ccc(-c3cnc(OCCCN4CCCCC4)c(N)c3)cc21. The number of carbonyl (C=O) groups is 1. The first-order chi connectivity index (χ1) is 17.1. The molecule has 0 atom stereocenters. The van der Waals surface area contributed by atoms with Crippen molar-refractivity contribution in [1.82, 2.24) is 14.9 Å². The number of nitrogens with zero attached hydrogens (tertiary/aromatic N) is 4. The van der Waals surface area contributed by atoms with Crippen LogP contribution in [0.25, 0.3) is 22.0 Å². The number of anilines is 2. The summed E-state index contributed by atoms with van der Waals surface area (Å²) in [6.45, 7) is 4.08. The molecular weight excluding hydrogens is 438 g/mol. The summed E-state index contributed by atoms with van der Waals surface area (Å²) in [6.07, 6.45) is 11.5. The van der Waals surface area contributed by atoms with Crippen LogP contribution in [0.1, 0.15) is 50.5 Å². The predicted molar refractivity (Wildman–Crippen MR) is 139 cm³/mol. The number of hydrogen-bond acceptors (Lipinski definition) is 6. The Kier molecular flexibility index (Phi) is 5.60. The van der Waals surface area contributed by atoms with E-state index in [1.54, 1.807) is 4.90 Å². The quantitative estimate of drug-likeness (QED) is 0.532. The molecule has 3 aromatic rings. The molecule has 0 radical (unpaired) electrons. The Labute approximate surface area is 206 Å². The second kappa shape index (κ2) is 8.79. The van der Waals surface area contributed by atoms with Crippen LogP contribution in [-0.4, -0.2) is 54.1 Å². The fourth-order valence-corrected chi connectivity index (χ4v) is 6.04. The van der Waals surface area contributed by atoms with E-state index in [1.807, 2.05) is 37.6 Å². The van der Waals surface area contributed by atoms with E-state index in [-0.39, 0.29) is 11.3 Å². The van der Waals surface area contributed by atoms with Gasteiger partial charge in [-0.2, -0.15) is 0 Å². The summed E-state index contributed by atoms with van der Waals surface area (Å²) in [5.74, 6) is 0.697. The normalized spacial score (nSPS) is 19.2. The summed E-state index contributed by atoms with van der Waals surface area (Å²) in [5.41, 5.74) is 11.4. The maximum Gasteiger partial charge on any atom is 0.237 e. The number of rotatable bonds is 6. The average Bonchev–Trinajstić information content (AvgIpc) is 3.10. The van der Waals surface area contributed by atoms with Crippen LogP contribution >= 0.6 is 0 Å². The lowest BCUT2D eigenvalue weighted by Gasteiger charge is -2.37. The Morgan fingerprint density at radius 3 is 2.60 bits per heavy atom. The van der Waals surface area contributed by atoms with Gasteiger partial charge in [0.25, 0.3) is 0 Å². The van der Waals surface area contributed by atoms with E-state index in [0.717, 1.165) is 65.5 Å². The number of pyridine rings is 2. The summed E-state index contributed by atoms with van der Waals surface area (Å²) in [6, 6.07) is 8.15. The second-order valence-electron chi connectivity index (χ2n) is 10.3. The first-order valence-corrected chi connectivity index (χ1v) is 12.9. The molecule has 1 aliphatic carbocycles. The fraction of sp³-hybridized carbons (Fsp3) is 0.464. The molecule has 2 N–H and O–H groups in total. The van der Waals surface area contributed by atoms with E-state index in [9.17, 15) is 4.79 Å². The van der Waals surface area contributed by atoms with Gasteiger partial charge in [-0.15, -0.1) is 0 Å². The van der Waals surface area contributed by atoms with E-state index < -0.39 is 0 Å². The molecular formula is C28H33N5O2. The van der Waals surface area contributed by atoms with Crippen molar-refractivity contribution in [3.63, 3.8) is 0 Å². The molecule has 2 aliphatic heterocycles. The molecule has 35 heavy (non-hydrogen) atoms. The number of likely N-dealkylation sites (tertiary alicyclic amines) is 1. The van der Waals surface area contributed by atoms with E-state index in [0.29, 0.717) is 18.2 Å². The van der Waals surface area contributed by atoms with Crippen molar-refractivity contribution >= 4 is 28.2 Å². The number of piperidine rings is 1. The van der Waals surface area contributed by atoms with Gasteiger partial charge in [-0.05, 0) is 69.0 Å². The Morgan fingerprint density at radius 1 is 1.03 bits per heavy atom. The number of nitrogen functional groups attached to an aromatic ring is 1. The predicted octanol–water partition coefficient (Wildman–Crippen LogP) is 4.53. The molecule has 1 spiro atoms. The lowest BCUT2D eigenvalue weighted by atomic mass is 9.64. The van der Waals surface area contributed by atoms with Gasteiger partial charge in [0.05, 0.1) is 35.1 Å². The molecule has 0 bridgehead atoms. The second-order valence-corrected chi connectivity index (χ2v) is 10.3. The maximum absolute atomic E-state index is 13.1. The standard InChI is InChI=1S/C28H33N5O2/c1-32-24-18-30-23-8-7-19(15-21(23)25(24)28(27(32)34)9-5-10-28)20-16-22(29)26(31-17-20)35-14-6-13-33-11-3-2-4-12-33/h7-8,15-18H,2-6,9-14,29H2,1H3. The number of ether oxygens (including phenoxy) is 1. The van der Waals surface area contributed by atoms with Crippen molar-refractivity contribution in [3.05, 3.63) is 42.2 Å². The van der Waals surface area contributed by atoms with Gasteiger partial charge in [0, 0.05) is 36.3 Å². The third-order valence-corrected chi connectivity index (χ3v) is 8.13. The van der Waals surface area contributed by atoms with Crippen molar-refractivity contribution in [3.8, 4) is 17.0 Å². The van der Waals surface area contributed by atoms with E-state index in [1.165, 1.54) is 32.4 Å².